The molecule has 4 nitrogen and oxygen atoms in total. The average molecular weight is 173 g/mol. The molecule has 0 saturated heterocycles. The fourth-order valence-corrected chi connectivity index (χ4v) is 0.721. The van der Waals surface area contributed by atoms with E-state index in [0.717, 1.165) is 32.5 Å². The zero-order chi connectivity index (χ0) is 9.23. The largest absolute Gasteiger partial charge is 0.385 e. The van der Waals surface area contributed by atoms with Crippen LogP contribution in [0.3, 0.4) is 0 Å². The van der Waals surface area contributed by atoms with E-state index in [4.69, 9.17) is 10.5 Å². The number of hydrogen-bond acceptors (Lipinski definition) is 2. The van der Waals surface area contributed by atoms with Gasteiger partial charge < -0.3 is 15.8 Å². The first-order valence-corrected chi connectivity index (χ1v) is 4.34. The molecule has 0 heterocycles. The Balaban J connectivity index is 3.24. The first-order chi connectivity index (χ1) is 5.81. The van der Waals surface area contributed by atoms with Crippen molar-refractivity contribution in [3.8, 4) is 0 Å². The second-order valence-electron chi connectivity index (χ2n) is 2.54. The maximum absolute atomic E-state index is 5.54. The van der Waals surface area contributed by atoms with Crippen molar-refractivity contribution >= 4 is 5.96 Å². The summed E-state index contributed by atoms with van der Waals surface area (Å²) in [5.41, 5.74) is 5.54. The fourth-order valence-electron chi connectivity index (χ4n) is 0.721. The Bertz CT molecular complexity index is 125. The monoisotopic (exact) mass is 173 g/mol. The molecule has 3 N–H and O–H groups in total. The van der Waals surface area contributed by atoms with E-state index in [1.807, 2.05) is 0 Å². The van der Waals surface area contributed by atoms with Crippen molar-refractivity contribution in [2.24, 2.45) is 10.7 Å². The van der Waals surface area contributed by atoms with Gasteiger partial charge in [0.15, 0.2) is 5.96 Å². The Morgan fingerprint density at radius 3 is 2.92 bits per heavy atom. The fraction of sp³-hybridized carbons (Fsp3) is 0.875. The molecule has 0 aliphatic rings. The lowest BCUT2D eigenvalue weighted by molar-refractivity contribution is 0.195. The molecule has 0 saturated carbocycles. The van der Waals surface area contributed by atoms with E-state index in [2.05, 4.69) is 17.2 Å². The third-order valence-corrected chi connectivity index (χ3v) is 1.34. The van der Waals surface area contributed by atoms with Crippen LogP contribution in [0.15, 0.2) is 4.99 Å². The predicted octanol–water partition coefficient (Wildman–Crippen LogP) is 0.337. The summed E-state index contributed by atoms with van der Waals surface area (Å²) in [4.78, 5) is 4.08. The van der Waals surface area contributed by atoms with Gasteiger partial charge in [0.1, 0.15) is 0 Å². The van der Waals surface area contributed by atoms with Crippen molar-refractivity contribution in [1.82, 2.24) is 5.32 Å². The maximum Gasteiger partial charge on any atom is 0.188 e. The molecule has 0 bridgehead atoms. The van der Waals surface area contributed by atoms with Gasteiger partial charge in [0, 0.05) is 26.8 Å². The van der Waals surface area contributed by atoms with Crippen LogP contribution >= 0.6 is 0 Å². The van der Waals surface area contributed by atoms with E-state index in [1.165, 1.54) is 0 Å². The van der Waals surface area contributed by atoms with Gasteiger partial charge >= 0.3 is 0 Å². The summed E-state index contributed by atoms with van der Waals surface area (Å²) in [6, 6.07) is 0. The molecule has 0 amide bonds. The molecule has 0 aliphatic heterocycles. The zero-order valence-corrected chi connectivity index (χ0v) is 7.97. The summed E-state index contributed by atoms with van der Waals surface area (Å²) in [7, 11) is 1.69. The number of aliphatic imine (C=N–C) groups is 1. The van der Waals surface area contributed by atoms with E-state index in [-0.39, 0.29) is 0 Å². The molecular formula is C8H19N3O. The van der Waals surface area contributed by atoms with Crippen LogP contribution in [-0.4, -0.2) is 32.8 Å². The lowest BCUT2D eigenvalue weighted by Crippen LogP contribution is -2.32. The summed E-state index contributed by atoms with van der Waals surface area (Å²) < 4.78 is 4.88. The topological polar surface area (TPSA) is 59.6 Å². The molecular weight excluding hydrogens is 154 g/mol. The summed E-state index contributed by atoms with van der Waals surface area (Å²) >= 11 is 0. The van der Waals surface area contributed by atoms with Crippen molar-refractivity contribution in [2.45, 2.75) is 19.8 Å². The number of nitrogens with zero attached hydrogens (tertiary/aromatic N) is 1. The molecule has 0 atom stereocenters. The number of rotatable bonds is 6. The van der Waals surface area contributed by atoms with Crippen LogP contribution in [0.5, 0.6) is 0 Å². The van der Waals surface area contributed by atoms with Crippen molar-refractivity contribution in [3.63, 3.8) is 0 Å². The van der Waals surface area contributed by atoms with Crippen LogP contribution in [0.25, 0.3) is 0 Å². The van der Waals surface area contributed by atoms with Crippen molar-refractivity contribution in [2.75, 3.05) is 26.8 Å². The minimum Gasteiger partial charge on any atom is -0.385 e. The van der Waals surface area contributed by atoms with Crippen molar-refractivity contribution in [1.29, 1.82) is 0 Å². The van der Waals surface area contributed by atoms with Gasteiger partial charge in [0.25, 0.3) is 0 Å². The molecule has 0 aromatic carbocycles. The highest BCUT2D eigenvalue weighted by Gasteiger charge is 1.89. The Kier molecular flexibility index (Phi) is 7.79. The van der Waals surface area contributed by atoms with E-state index in [0.29, 0.717) is 5.96 Å². The highest BCUT2D eigenvalue weighted by atomic mass is 16.5. The standard InChI is InChI=1S/C8H19N3O/c1-3-5-10-8(9)11-6-4-7-12-2/h3-7H2,1-2H3,(H3,9,10,11). The highest BCUT2D eigenvalue weighted by Crippen LogP contribution is 1.78. The van der Waals surface area contributed by atoms with Crippen LogP contribution in [0.1, 0.15) is 19.8 Å². The van der Waals surface area contributed by atoms with Gasteiger partial charge in [-0.2, -0.15) is 0 Å². The minimum absolute atomic E-state index is 0.535. The first kappa shape index (κ1) is 11.2. The van der Waals surface area contributed by atoms with Crippen LogP contribution in [0.4, 0.5) is 0 Å². The molecule has 72 valence electrons. The van der Waals surface area contributed by atoms with Gasteiger partial charge in [0.05, 0.1) is 0 Å². The third-order valence-electron chi connectivity index (χ3n) is 1.34. The van der Waals surface area contributed by atoms with E-state index >= 15 is 0 Å². The summed E-state index contributed by atoms with van der Waals surface area (Å²) in [6.45, 7) is 4.45. The molecule has 0 rings (SSSR count). The SMILES string of the molecule is CCCN=C(N)NCCCOC. The number of ether oxygens (including phenoxy) is 1. The first-order valence-electron chi connectivity index (χ1n) is 4.34. The van der Waals surface area contributed by atoms with Gasteiger partial charge in [-0.05, 0) is 12.8 Å². The van der Waals surface area contributed by atoms with Gasteiger partial charge in [-0.25, -0.2) is 0 Å². The Hall–Kier alpha value is -0.770. The number of guanidine groups is 1. The molecule has 0 fully saturated rings. The highest BCUT2D eigenvalue weighted by molar-refractivity contribution is 5.77. The number of nitrogens with two attached hydrogens (primary N) is 1. The van der Waals surface area contributed by atoms with E-state index < -0.39 is 0 Å². The molecule has 0 aromatic rings. The Morgan fingerprint density at radius 2 is 2.33 bits per heavy atom. The lowest BCUT2D eigenvalue weighted by Gasteiger charge is -2.03. The molecule has 12 heavy (non-hydrogen) atoms. The lowest BCUT2D eigenvalue weighted by atomic mass is 10.4. The molecule has 0 radical (unpaired) electrons. The van der Waals surface area contributed by atoms with Crippen LogP contribution in [-0.2, 0) is 4.74 Å². The average Bonchev–Trinajstić information content (AvgIpc) is 2.09. The summed E-state index contributed by atoms with van der Waals surface area (Å²) in [6.07, 6.45) is 1.99. The van der Waals surface area contributed by atoms with Crippen molar-refractivity contribution in [3.05, 3.63) is 0 Å². The molecule has 0 unspecified atom stereocenters. The van der Waals surface area contributed by atoms with Gasteiger partial charge in [-0.15, -0.1) is 0 Å². The predicted molar refractivity (Wildman–Crippen MR) is 51.3 cm³/mol. The van der Waals surface area contributed by atoms with E-state index in [9.17, 15) is 0 Å². The van der Waals surface area contributed by atoms with Gasteiger partial charge in [0.2, 0.25) is 0 Å². The smallest absolute Gasteiger partial charge is 0.188 e. The van der Waals surface area contributed by atoms with Gasteiger partial charge in [-0.3, -0.25) is 4.99 Å². The number of nitrogens with one attached hydrogen (secondary N) is 1. The van der Waals surface area contributed by atoms with Crippen LogP contribution in [0.2, 0.25) is 0 Å². The minimum atomic E-state index is 0.535. The van der Waals surface area contributed by atoms with Crippen molar-refractivity contribution < 1.29 is 4.74 Å². The molecule has 0 aliphatic carbocycles. The van der Waals surface area contributed by atoms with Crippen LogP contribution in [0, 0.1) is 0 Å². The summed E-state index contributed by atoms with van der Waals surface area (Å²) in [5, 5.41) is 3.00. The zero-order valence-electron chi connectivity index (χ0n) is 7.97. The summed E-state index contributed by atoms with van der Waals surface area (Å²) in [5.74, 6) is 0.535. The second kappa shape index (κ2) is 8.33. The van der Waals surface area contributed by atoms with Gasteiger partial charge in [-0.1, -0.05) is 6.92 Å². The maximum atomic E-state index is 5.54. The third kappa shape index (κ3) is 7.34. The molecule has 0 spiro atoms. The molecule has 4 heteroatoms. The second-order valence-corrected chi connectivity index (χ2v) is 2.54. The Labute approximate surface area is 74.2 Å². The van der Waals surface area contributed by atoms with E-state index in [1.54, 1.807) is 7.11 Å². The quantitative estimate of drug-likeness (QED) is 0.346. The molecule has 0 aromatic heterocycles. The Morgan fingerprint density at radius 1 is 1.58 bits per heavy atom. The number of hydrogen-bond donors (Lipinski definition) is 2. The normalized spacial score (nSPS) is 11.7. The number of methoxy groups -OCH3 is 1. The van der Waals surface area contributed by atoms with Crippen LogP contribution < -0.4 is 11.1 Å².